The van der Waals surface area contributed by atoms with E-state index < -0.39 is 10.0 Å². The molecule has 0 unspecified atom stereocenters. The van der Waals surface area contributed by atoms with Crippen molar-refractivity contribution < 1.29 is 8.42 Å². The summed E-state index contributed by atoms with van der Waals surface area (Å²) in [5.74, 6) is 1.24. The number of halogens is 1. The molecule has 1 saturated heterocycles. The van der Waals surface area contributed by atoms with Gasteiger partial charge in [0.1, 0.15) is 0 Å². The highest BCUT2D eigenvalue weighted by Gasteiger charge is 2.30. The Morgan fingerprint density at radius 2 is 1.90 bits per heavy atom. The molecule has 1 aliphatic rings. The van der Waals surface area contributed by atoms with E-state index in [-0.39, 0.29) is 0 Å². The lowest BCUT2D eigenvalue weighted by atomic mass is 9.87. The third kappa shape index (κ3) is 3.18. The van der Waals surface area contributed by atoms with Crippen molar-refractivity contribution in [3.8, 4) is 0 Å². The molecule has 20 heavy (non-hydrogen) atoms. The summed E-state index contributed by atoms with van der Waals surface area (Å²) in [5, 5.41) is 0. The molecule has 0 amide bonds. The van der Waals surface area contributed by atoms with Crippen molar-refractivity contribution in [2.45, 2.75) is 31.6 Å². The molecule has 0 bridgehead atoms. The van der Waals surface area contributed by atoms with E-state index >= 15 is 0 Å². The summed E-state index contributed by atoms with van der Waals surface area (Å²) >= 11 is 3.28. The van der Waals surface area contributed by atoms with E-state index in [1.54, 1.807) is 22.5 Å². The minimum Gasteiger partial charge on any atom is -0.398 e. The number of hydrogen-bond donors (Lipinski definition) is 1. The molecule has 0 radical (unpaired) electrons. The molecule has 4 nitrogen and oxygen atoms in total. The largest absolute Gasteiger partial charge is 0.398 e. The molecule has 0 spiro atoms. The van der Waals surface area contributed by atoms with Crippen molar-refractivity contribution in [3.63, 3.8) is 0 Å². The number of piperidine rings is 1. The Morgan fingerprint density at radius 3 is 2.40 bits per heavy atom. The highest BCUT2D eigenvalue weighted by atomic mass is 79.9. The van der Waals surface area contributed by atoms with Gasteiger partial charge < -0.3 is 5.73 Å². The molecular weight excluding hydrogens is 340 g/mol. The van der Waals surface area contributed by atoms with Crippen molar-refractivity contribution in [2.24, 2.45) is 11.8 Å². The summed E-state index contributed by atoms with van der Waals surface area (Å²) in [6, 6.07) is 4.78. The lowest BCUT2D eigenvalue weighted by Gasteiger charge is -2.33. The van der Waals surface area contributed by atoms with Crippen LogP contribution in [-0.2, 0) is 10.0 Å². The highest BCUT2D eigenvalue weighted by molar-refractivity contribution is 9.10. The number of nitrogens with two attached hydrogens (primary N) is 1. The molecule has 1 heterocycles. The zero-order valence-electron chi connectivity index (χ0n) is 11.8. The van der Waals surface area contributed by atoms with Crippen LogP contribution in [0.15, 0.2) is 27.6 Å². The minimum atomic E-state index is -3.40. The molecule has 1 fully saturated rings. The van der Waals surface area contributed by atoms with Gasteiger partial charge in [0.25, 0.3) is 0 Å². The second-order valence-corrected chi connectivity index (χ2v) is 8.46. The quantitative estimate of drug-likeness (QED) is 0.842. The summed E-state index contributed by atoms with van der Waals surface area (Å²) in [6.07, 6.45) is 1.88. The van der Waals surface area contributed by atoms with Crippen molar-refractivity contribution in [1.82, 2.24) is 4.31 Å². The van der Waals surface area contributed by atoms with Gasteiger partial charge in [0, 0.05) is 23.2 Å². The van der Waals surface area contributed by atoms with E-state index in [1.807, 2.05) is 0 Å². The Labute approximate surface area is 129 Å². The van der Waals surface area contributed by atoms with Crippen molar-refractivity contribution in [2.75, 3.05) is 18.8 Å². The number of rotatable bonds is 3. The van der Waals surface area contributed by atoms with E-state index in [1.165, 1.54) is 0 Å². The monoisotopic (exact) mass is 360 g/mol. The van der Waals surface area contributed by atoms with Gasteiger partial charge in [-0.25, -0.2) is 8.42 Å². The molecule has 2 rings (SSSR count). The number of hydrogen-bond acceptors (Lipinski definition) is 3. The predicted molar refractivity (Wildman–Crippen MR) is 84.9 cm³/mol. The Balaban J connectivity index is 2.17. The van der Waals surface area contributed by atoms with Crippen LogP contribution in [0.5, 0.6) is 0 Å². The second kappa shape index (κ2) is 6.03. The first-order chi connectivity index (χ1) is 9.32. The van der Waals surface area contributed by atoms with Gasteiger partial charge >= 0.3 is 0 Å². The molecule has 0 saturated carbocycles. The SMILES string of the molecule is CC(C)C1CCN(S(=O)(=O)c2ccc(N)c(Br)c2)CC1. The Bertz CT molecular complexity index is 579. The molecule has 1 aromatic carbocycles. The average molecular weight is 361 g/mol. The maximum Gasteiger partial charge on any atom is 0.243 e. The summed E-state index contributed by atoms with van der Waals surface area (Å²) in [5.41, 5.74) is 6.25. The molecule has 112 valence electrons. The molecule has 1 aromatic rings. The molecule has 0 atom stereocenters. The molecule has 0 aliphatic carbocycles. The number of anilines is 1. The van der Waals surface area contributed by atoms with E-state index in [0.717, 1.165) is 12.8 Å². The maximum atomic E-state index is 12.6. The van der Waals surface area contributed by atoms with E-state index in [9.17, 15) is 8.42 Å². The van der Waals surface area contributed by atoms with Gasteiger partial charge in [-0.3, -0.25) is 0 Å². The van der Waals surface area contributed by atoms with Crippen LogP contribution < -0.4 is 5.73 Å². The van der Waals surface area contributed by atoms with E-state index in [0.29, 0.717) is 40.0 Å². The van der Waals surface area contributed by atoms with Gasteiger partial charge in [0.15, 0.2) is 0 Å². The summed E-state index contributed by atoms with van der Waals surface area (Å²) in [6.45, 7) is 5.61. The van der Waals surface area contributed by atoms with Crippen LogP contribution in [-0.4, -0.2) is 25.8 Å². The van der Waals surface area contributed by atoms with Gasteiger partial charge in [0.2, 0.25) is 10.0 Å². The van der Waals surface area contributed by atoms with Crippen LogP contribution in [0.3, 0.4) is 0 Å². The number of nitrogens with zero attached hydrogens (tertiary/aromatic N) is 1. The zero-order chi connectivity index (χ0) is 14.9. The second-order valence-electron chi connectivity index (χ2n) is 5.67. The Morgan fingerprint density at radius 1 is 1.30 bits per heavy atom. The lowest BCUT2D eigenvalue weighted by Crippen LogP contribution is -2.39. The molecule has 0 aromatic heterocycles. The fourth-order valence-electron chi connectivity index (χ4n) is 2.60. The number of benzene rings is 1. The van der Waals surface area contributed by atoms with Crippen molar-refractivity contribution >= 4 is 31.6 Å². The maximum absolute atomic E-state index is 12.6. The van der Waals surface area contributed by atoms with Crippen molar-refractivity contribution in [1.29, 1.82) is 0 Å². The molecule has 6 heteroatoms. The zero-order valence-corrected chi connectivity index (χ0v) is 14.2. The van der Waals surface area contributed by atoms with Crippen LogP contribution in [0.4, 0.5) is 5.69 Å². The first-order valence-corrected chi connectivity index (χ1v) is 9.11. The van der Waals surface area contributed by atoms with Crippen LogP contribution in [0.1, 0.15) is 26.7 Å². The first kappa shape index (κ1) is 15.8. The minimum absolute atomic E-state index is 0.307. The van der Waals surface area contributed by atoms with E-state index in [4.69, 9.17) is 5.73 Å². The summed E-state index contributed by atoms with van der Waals surface area (Å²) in [4.78, 5) is 0.307. The Kier molecular flexibility index (Phi) is 4.76. The topological polar surface area (TPSA) is 63.4 Å². The first-order valence-electron chi connectivity index (χ1n) is 6.87. The van der Waals surface area contributed by atoms with Gasteiger partial charge in [-0.1, -0.05) is 13.8 Å². The van der Waals surface area contributed by atoms with Crippen LogP contribution in [0.25, 0.3) is 0 Å². The number of sulfonamides is 1. The van der Waals surface area contributed by atoms with Gasteiger partial charge in [-0.05, 0) is 58.8 Å². The van der Waals surface area contributed by atoms with Gasteiger partial charge in [-0.15, -0.1) is 0 Å². The fourth-order valence-corrected chi connectivity index (χ4v) is 4.63. The normalized spacial score (nSPS) is 18.6. The lowest BCUT2D eigenvalue weighted by molar-refractivity contribution is 0.226. The van der Waals surface area contributed by atoms with Gasteiger partial charge in [0.05, 0.1) is 4.90 Å². The molecule has 2 N–H and O–H groups in total. The van der Waals surface area contributed by atoms with Gasteiger partial charge in [-0.2, -0.15) is 4.31 Å². The highest BCUT2D eigenvalue weighted by Crippen LogP contribution is 2.30. The van der Waals surface area contributed by atoms with Crippen LogP contribution >= 0.6 is 15.9 Å². The average Bonchev–Trinajstić information content (AvgIpc) is 2.41. The molecular formula is C14H21BrN2O2S. The Hall–Kier alpha value is -0.590. The number of nitrogen functional groups attached to an aromatic ring is 1. The summed E-state index contributed by atoms with van der Waals surface area (Å²) < 4.78 is 27.4. The predicted octanol–water partition coefficient (Wildman–Crippen LogP) is 3.09. The third-order valence-electron chi connectivity index (χ3n) is 4.05. The van der Waals surface area contributed by atoms with Crippen LogP contribution in [0.2, 0.25) is 0 Å². The third-order valence-corrected chi connectivity index (χ3v) is 6.63. The van der Waals surface area contributed by atoms with Crippen molar-refractivity contribution in [3.05, 3.63) is 22.7 Å². The standard InChI is InChI=1S/C14H21BrN2O2S/c1-10(2)11-5-7-17(8-6-11)20(18,19)12-3-4-14(16)13(15)9-12/h3-4,9-11H,5-8,16H2,1-2H3. The fraction of sp³-hybridized carbons (Fsp3) is 0.571. The smallest absolute Gasteiger partial charge is 0.243 e. The van der Waals surface area contributed by atoms with E-state index in [2.05, 4.69) is 29.8 Å². The van der Waals surface area contributed by atoms with Crippen LogP contribution in [0, 0.1) is 11.8 Å². The summed E-state index contributed by atoms with van der Waals surface area (Å²) in [7, 11) is -3.40. The molecule has 1 aliphatic heterocycles.